The average molecular weight is 386 g/mol. The lowest BCUT2D eigenvalue weighted by atomic mass is 10.1. The van der Waals surface area contributed by atoms with E-state index in [4.69, 9.17) is 4.74 Å². The molecule has 0 aromatic heterocycles. The molecule has 0 fully saturated rings. The molecule has 29 heavy (non-hydrogen) atoms. The standard InChI is InChI=1S/C25H26N2O2/c28-25(27-16-15-21-11-4-5-14-24(21)27)19-26-22-12-6-13-23(18-22)29-17-7-10-20-8-2-1-3-9-20/h1-6,8-9,11-14,18,26H,7,10,15-17,19H2. The number of benzene rings is 3. The van der Waals surface area contributed by atoms with Crippen LogP contribution < -0.4 is 15.0 Å². The quantitative estimate of drug-likeness (QED) is 0.571. The lowest BCUT2D eigenvalue weighted by molar-refractivity contribution is -0.116. The Morgan fingerprint density at radius 2 is 1.79 bits per heavy atom. The number of nitrogens with zero attached hydrogens (tertiary/aromatic N) is 1. The average Bonchev–Trinajstić information content (AvgIpc) is 3.20. The van der Waals surface area contributed by atoms with E-state index in [-0.39, 0.29) is 12.5 Å². The number of carbonyl (C=O) groups is 1. The van der Waals surface area contributed by atoms with Crippen LogP contribution in [0.1, 0.15) is 17.5 Å². The molecule has 1 heterocycles. The number of hydrogen-bond acceptors (Lipinski definition) is 3. The molecule has 1 aliphatic heterocycles. The first-order valence-corrected chi connectivity index (χ1v) is 10.2. The van der Waals surface area contributed by atoms with Gasteiger partial charge in [-0.25, -0.2) is 0 Å². The predicted octanol–water partition coefficient (Wildman–Crippen LogP) is 4.70. The summed E-state index contributed by atoms with van der Waals surface area (Å²) in [6.45, 7) is 1.69. The highest BCUT2D eigenvalue weighted by molar-refractivity contribution is 5.98. The zero-order valence-electron chi connectivity index (χ0n) is 16.5. The normalized spacial score (nSPS) is 12.5. The summed E-state index contributed by atoms with van der Waals surface area (Å²) in [5.41, 5.74) is 4.50. The zero-order chi connectivity index (χ0) is 19.9. The Morgan fingerprint density at radius 3 is 2.69 bits per heavy atom. The Labute approximate surface area is 172 Å². The molecular formula is C25H26N2O2. The fourth-order valence-electron chi connectivity index (χ4n) is 3.68. The molecule has 0 saturated heterocycles. The summed E-state index contributed by atoms with van der Waals surface area (Å²) in [5.74, 6) is 0.908. The van der Waals surface area contributed by atoms with Crippen molar-refractivity contribution in [2.75, 3.05) is 29.9 Å². The van der Waals surface area contributed by atoms with Crippen LogP contribution in [0.3, 0.4) is 0 Å². The van der Waals surface area contributed by atoms with Crippen molar-refractivity contribution in [1.82, 2.24) is 0 Å². The van der Waals surface area contributed by atoms with E-state index in [2.05, 4.69) is 35.6 Å². The van der Waals surface area contributed by atoms with Gasteiger partial charge in [0.1, 0.15) is 5.75 Å². The summed E-state index contributed by atoms with van der Waals surface area (Å²) in [7, 11) is 0. The lowest BCUT2D eigenvalue weighted by Crippen LogP contribution is -2.34. The van der Waals surface area contributed by atoms with Crippen molar-refractivity contribution in [3.05, 3.63) is 90.0 Å². The molecule has 4 heteroatoms. The van der Waals surface area contributed by atoms with Crippen molar-refractivity contribution in [2.24, 2.45) is 0 Å². The molecule has 0 radical (unpaired) electrons. The highest BCUT2D eigenvalue weighted by atomic mass is 16.5. The van der Waals surface area contributed by atoms with E-state index in [1.807, 2.05) is 53.4 Å². The van der Waals surface area contributed by atoms with Crippen LogP contribution in [-0.2, 0) is 17.6 Å². The van der Waals surface area contributed by atoms with Gasteiger partial charge in [0.25, 0.3) is 0 Å². The molecule has 0 unspecified atom stereocenters. The largest absolute Gasteiger partial charge is 0.494 e. The highest BCUT2D eigenvalue weighted by Gasteiger charge is 2.23. The number of ether oxygens (including phenoxy) is 1. The second-order valence-electron chi connectivity index (χ2n) is 7.24. The second kappa shape index (κ2) is 9.28. The third-order valence-corrected chi connectivity index (χ3v) is 5.19. The van der Waals surface area contributed by atoms with Crippen LogP contribution in [0.25, 0.3) is 0 Å². The molecule has 0 aliphatic carbocycles. The predicted molar refractivity (Wildman–Crippen MR) is 118 cm³/mol. The Kier molecular flexibility index (Phi) is 6.10. The smallest absolute Gasteiger partial charge is 0.246 e. The highest BCUT2D eigenvalue weighted by Crippen LogP contribution is 2.27. The van der Waals surface area contributed by atoms with Gasteiger partial charge >= 0.3 is 0 Å². The molecule has 3 aromatic rings. The van der Waals surface area contributed by atoms with Gasteiger partial charge in [-0.3, -0.25) is 4.79 Å². The Hall–Kier alpha value is -3.27. The van der Waals surface area contributed by atoms with Crippen molar-refractivity contribution in [2.45, 2.75) is 19.3 Å². The molecule has 4 nitrogen and oxygen atoms in total. The molecule has 1 aliphatic rings. The SMILES string of the molecule is O=C(CNc1cccc(OCCCc2ccccc2)c1)N1CCc2ccccc21. The third-order valence-electron chi connectivity index (χ3n) is 5.19. The number of fused-ring (bicyclic) bond motifs is 1. The van der Waals surface area contributed by atoms with E-state index >= 15 is 0 Å². The van der Waals surface area contributed by atoms with Crippen LogP contribution in [0.15, 0.2) is 78.9 Å². The Bertz CT molecular complexity index is 956. The van der Waals surface area contributed by atoms with Gasteiger partial charge in [0.15, 0.2) is 0 Å². The summed E-state index contributed by atoms with van der Waals surface area (Å²) in [6.07, 6.45) is 2.90. The number of amides is 1. The minimum absolute atomic E-state index is 0.0872. The van der Waals surface area contributed by atoms with Crippen LogP contribution in [0, 0.1) is 0 Å². The van der Waals surface area contributed by atoms with Gasteiger partial charge in [0, 0.05) is 24.0 Å². The van der Waals surface area contributed by atoms with Crippen LogP contribution in [0.4, 0.5) is 11.4 Å². The minimum atomic E-state index is 0.0872. The van der Waals surface area contributed by atoms with Gasteiger partial charge in [-0.2, -0.15) is 0 Å². The number of hydrogen-bond donors (Lipinski definition) is 1. The molecule has 4 rings (SSSR count). The van der Waals surface area contributed by atoms with Gasteiger partial charge in [0.2, 0.25) is 5.91 Å². The number of nitrogens with one attached hydrogen (secondary N) is 1. The second-order valence-corrected chi connectivity index (χ2v) is 7.24. The van der Waals surface area contributed by atoms with E-state index in [1.54, 1.807) is 0 Å². The van der Waals surface area contributed by atoms with Crippen molar-refractivity contribution >= 4 is 17.3 Å². The molecule has 0 spiro atoms. The van der Waals surface area contributed by atoms with Crippen LogP contribution in [0.2, 0.25) is 0 Å². The molecule has 1 N–H and O–H groups in total. The molecular weight excluding hydrogens is 360 g/mol. The number of anilines is 2. The number of para-hydroxylation sites is 1. The topological polar surface area (TPSA) is 41.6 Å². The summed E-state index contributed by atoms with van der Waals surface area (Å²) in [5, 5.41) is 3.24. The zero-order valence-corrected chi connectivity index (χ0v) is 16.5. The van der Waals surface area contributed by atoms with Crippen molar-refractivity contribution in [3.63, 3.8) is 0 Å². The summed E-state index contributed by atoms with van der Waals surface area (Å²) < 4.78 is 5.89. The first-order chi connectivity index (χ1) is 14.3. The molecule has 148 valence electrons. The molecule has 0 saturated carbocycles. The van der Waals surface area contributed by atoms with Crippen molar-refractivity contribution in [3.8, 4) is 5.75 Å². The van der Waals surface area contributed by atoms with Gasteiger partial charge < -0.3 is 15.0 Å². The summed E-state index contributed by atoms with van der Waals surface area (Å²) in [6, 6.07) is 26.4. The van der Waals surface area contributed by atoms with Crippen LogP contribution >= 0.6 is 0 Å². The molecule has 0 atom stereocenters. The first-order valence-electron chi connectivity index (χ1n) is 10.2. The Morgan fingerprint density at radius 1 is 0.966 bits per heavy atom. The van der Waals surface area contributed by atoms with Gasteiger partial charge in [-0.15, -0.1) is 0 Å². The number of aryl methyl sites for hydroxylation is 1. The summed E-state index contributed by atoms with van der Waals surface area (Å²) in [4.78, 5) is 14.5. The maximum Gasteiger partial charge on any atom is 0.246 e. The van der Waals surface area contributed by atoms with Gasteiger partial charge in [-0.1, -0.05) is 54.6 Å². The maximum atomic E-state index is 12.6. The fourth-order valence-corrected chi connectivity index (χ4v) is 3.68. The molecule has 0 bridgehead atoms. The molecule has 1 amide bonds. The monoisotopic (exact) mass is 386 g/mol. The Balaban J connectivity index is 1.25. The number of rotatable bonds is 8. The van der Waals surface area contributed by atoms with E-state index < -0.39 is 0 Å². The van der Waals surface area contributed by atoms with E-state index in [9.17, 15) is 4.79 Å². The van der Waals surface area contributed by atoms with Crippen molar-refractivity contribution in [1.29, 1.82) is 0 Å². The van der Waals surface area contributed by atoms with E-state index in [0.29, 0.717) is 6.61 Å². The minimum Gasteiger partial charge on any atom is -0.494 e. The summed E-state index contributed by atoms with van der Waals surface area (Å²) >= 11 is 0. The van der Waals surface area contributed by atoms with Crippen molar-refractivity contribution < 1.29 is 9.53 Å². The van der Waals surface area contributed by atoms with Gasteiger partial charge in [-0.05, 0) is 48.6 Å². The van der Waals surface area contributed by atoms with Crippen LogP contribution in [0.5, 0.6) is 5.75 Å². The molecule has 3 aromatic carbocycles. The lowest BCUT2D eigenvalue weighted by Gasteiger charge is -2.18. The first kappa shape index (κ1) is 19.1. The fraction of sp³-hybridized carbons (Fsp3) is 0.240. The third kappa shape index (κ3) is 4.96. The maximum absolute atomic E-state index is 12.6. The van der Waals surface area contributed by atoms with Gasteiger partial charge in [0.05, 0.1) is 13.2 Å². The van der Waals surface area contributed by atoms with E-state index in [0.717, 1.165) is 42.9 Å². The number of carbonyl (C=O) groups excluding carboxylic acids is 1. The van der Waals surface area contributed by atoms with Crippen LogP contribution in [-0.4, -0.2) is 25.6 Å². The van der Waals surface area contributed by atoms with E-state index in [1.165, 1.54) is 11.1 Å².